The third-order valence-corrected chi connectivity index (χ3v) is 0.703. The van der Waals surface area contributed by atoms with E-state index in [0.717, 1.165) is 6.08 Å². The van der Waals surface area contributed by atoms with Gasteiger partial charge in [-0.05, 0) is 4.92 Å². The number of nitrogens with one attached hydrogen (secondary N) is 1. The van der Waals surface area contributed by atoms with E-state index in [9.17, 15) is 10.1 Å². The number of nitro groups is 1. The van der Waals surface area contributed by atoms with Crippen molar-refractivity contribution in [3.05, 3.63) is 22.0 Å². The first-order valence-electron chi connectivity index (χ1n) is 2.37. The first-order chi connectivity index (χ1) is 4.57. The summed E-state index contributed by atoms with van der Waals surface area (Å²) >= 11 is 0. The molecule has 0 unspecified atom stereocenters. The summed E-state index contributed by atoms with van der Waals surface area (Å²) in [7, 11) is 0. The van der Waals surface area contributed by atoms with Gasteiger partial charge in [0.1, 0.15) is 0 Å². The van der Waals surface area contributed by atoms with Gasteiger partial charge < -0.3 is 20.6 Å². The van der Waals surface area contributed by atoms with Gasteiger partial charge in [-0.2, -0.15) is 0 Å². The molecule has 10 heavy (non-hydrogen) atoms. The lowest BCUT2D eigenvalue weighted by molar-refractivity contribution is -0.426. The van der Waals surface area contributed by atoms with Crippen LogP contribution < -0.4 is 5.73 Å². The standard InChI is InChI=1S/C4H7N3O3/c5-3(2-8)1-4(6)7(9)10/h1,5,8H,2,6H2. The molecule has 0 heterocycles. The maximum absolute atomic E-state index is 9.78. The third kappa shape index (κ3) is 2.78. The van der Waals surface area contributed by atoms with E-state index in [1.54, 1.807) is 0 Å². The van der Waals surface area contributed by atoms with E-state index in [0.29, 0.717) is 0 Å². The maximum atomic E-state index is 9.78. The highest BCUT2D eigenvalue weighted by Gasteiger charge is 2.00. The van der Waals surface area contributed by atoms with Gasteiger partial charge in [0.05, 0.1) is 18.4 Å². The van der Waals surface area contributed by atoms with Crippen molar-refractivity contribution < 1.29 is 10.0 Å². The van der Waals surface area contributed by atoms with E-state index >= 15 is 0 Å². The second-order valence-corrected chi connectivity index (χ2v) is 1.51. The minimum Gasteiger partial charge on any atom is -0.390 e. The van der Waals surface area contributed by atoms with Crippen LogP contribution in [0.15, 0.2) is 11.9 Å². The van der Waals surface area contributed by atoms with Crippen molar-refractivity contribution in [3.63, 3.8) is 0 Å². The van der Waals surface area contributed by atoms with Gasteiger partial charge in [-0.1, -0.05) is 0 Å². The average molecular weight is 145 g/mol. The highest BCUT2D eigenvalue weighted by Crippen LogP contribution is 1.84. The topological polar surface area (TPSA) is 113 Å². The van der Waals surface area contributed by atoms with E-state index in [2.05, 4.69) is 0 Å². The number of nitrogens with two attached hydrogens (primary N) is 1. The lowest BCUT2D eigenvalue weighted by Crippen LogP contribution is -2.12. The molecule has 6 heteroatoms. The van der Waals surface area contributed by atoms with E-state index in [1.807, 2.05) is 0 Å². The fourth-order valence-corrected chi connectivity index (χ4v) is 0.277. The Morgan fingerprint density at radius 3 is 2.70 bits per heavy atom. The van der Waals surface area contributed by atoms with Gasteiger partial charge in [0.15, 0.2) is 0 Å². The van der Waals surface area contributed by atoms with Crippen LogP contribution in [0.2, 0.25) is 0 Å². The molecule has 0 radical (unpaired) electrons. The number of aliphatic hydroxyl groups excluding tert-OH is 1. The van der Waals surface area contributed by atoms with Crippen LogP contribution in [0.5, 0.6) is 0 Å². The summed E-state index contributed by atoms with van der Waals surface area (Å²) < 4.78 is 0. The summed E-state index contributed by atoms with van der Waals surface area (Å²) in [5, 5.41) is 24.8. The smallest absolute Gasteiger partial charge is 0.315 e. The van der Waals surface area contributed by atoms with E-state index in [1.165, 1.54) is 0 Å². The summed E-state index contributed by atoms with van der Waals surface area (Å²) in [4.78, 5) is 8.96. The quantitative estimate of drug-likeness (QED) is 0.270. The summed E-state index contributed by atoms with van der Waals surface area (Å²) in [6.45, 7) is -0.547. The maximum Gasteiger partial charge on any atom is 0.315 e. The van der Waals surface area contributed by atoms with Crippen LogP contribution in [0.4, 0.5) is 0 Å². The van der Waals surface area contributed by atoms with Gasteiger partial charge in [-0.25, -0.2) is 0 Å². The number of aliphatic hydroxyl groups is 1. The van der Waals surface area contributed by atoms with Gasteiger partial charge in [0, 0.05) is 0 Å². The number of rotatable bonds is 3. The van der Waals surface area contributed by atoms with Crippen LogP contribution in [0, 0.1) is 15.5 Å². The van der Waals surface area contributed by atoms with Crippen molar-refractivity contribution in [1.29, 1.82) is 5.41 Å². The van der Waals surface area contributed by atoms with Crippen LogP contribution in [-0.4, -0.2) is 22.3 Å². The Bertz CT molecular complexity index is 186. The zero-order valence-electron chi connectivity index (χ0n) is 5.07. The summed E-state index contributed by atoms with van der Waals surface area (Å²) in [5.41, 5.74) is 4.52. The van der Waals surface area contributed by atoms with Gasteiger partial charge in [0.25, 0.3) is 0 Å². The second-order valence-electron chi connectivity index (χ2n) is 1.51. The Labute approximate surface area is 56.6 Å². The second kappa shape index (κ2) is 3.57. The molecule has 0 aliphatic rings. The largest absolute Gasteiger partial charge is 0.390 e. The highest BCUT2D eigenvalue weighted by molar-refractivity contribution is 5.93. The molecule has 0 aromatic carbocycles. The number of hydrogen-bond acceptors (Lipinski definition) is 5. The average Bonchev–Trinajstić information content (AvgIpc) is 1.87. The Morgan fingerprint density at radius 2 is 2.40 bits per heavy atom. The first-order valence-corrected chi connectivity index (χ1v) is 2.37. The van der Waals surface area contributed by atoms with Gasteiger partial charge >= 0.3 is 5.82 Å². The fraction of sp³-hybridized carbons (Fsp3) is 0.250. The van der Waals surface area contributed by atoms with Crippen molar-refractivity contribution in [3.8, 4) is 0 Å². The molecular formula is C4H7N3O3. The van der Waals surface area contributed by atoms with Crippen LogP contribution in [0.3, 0.4) is 0 Å². The molecule has 0 bridgehead atoms. The lowest BCUT2D eigenvalue weighted by atomic mass is 10.4. The minimum absolute atomic E-state index is 0.283. The zero-order chi connectivity index (χ0) is 8.15. The molecule has 6 nitrogen and oxygen atoms in total. The first kappa shape index (κ1) is 8.57. The SMILES string of the molecule is N=C(C=C(N)[N+](=O)[O-])CO. The normalized spacial score (nSPS) is 11.1. The van der Waals surface area contributed by atoms with E-state index in [-0.39, 0.29) is 5.71 Å². The lowest BCUT2D eigenvalue weighted by Gasteiger charge is -1.92. The highest BCUT2D eigenvalue weighted by atomic mass is 16.6. The predicted molar refractivity (Wildman–Crippen MR) is 34.1 cm³/mol. The number of nitrogens with zero attached hydrogens (tertiary/aromatic N) is 1. The van der Waals surface area contributed by atoms with Crippen molar-refractivity contribution in [2.24, 2.45) is 5.73 Å². The Kier molecular flexibility index (Phi) is 3.06. The molecule has 0 atom stereocenters. The molecule has 0 rings (SSSR count). The minimum atomic E-state index is -0.829. The van der Waals surface area contributed by atoms with Crippen LogP contribution in [0.1, 0.15) is 0 Å². The molecular weight excluding hydrogens is 138 g/mol. The van der Waals surface area contributed by atoms with Gasteiger partial charge in [0.2, 0.25) is 0 Å². The monoisotopic (exact) mass is 145 g/mol. The molecule has 0 spiro atoms. The molecule has 0 aliphatic carbocycles. The van der Waals surface area contributed by atoms with Crippen LogP contribution >= 0.6 is 0 Å². The van der Waals surface area contributed by atoms with E-state index < -0.39 is 17.4 Å². The summed E-state index contributed by atoms with van der Waals surface area (Å²) in [5.74, 6) is -0.640. The predicted octanol–water partition coefficient (Wildman–Crippen LogP) is -0.925. The Morgan fingerprint density at radius 1 is 1.90 bits per heavy atom. The van der Waals surface area contributed by atoms with Gasteiger partial charge in [-0.15, -0.1) is 0 Å². The molecule has 4 N–H and O–H groups in total. The molecule has 0 amide bonds. The van der Waals surface area contributed by atoms with Crippen molar-refractivity contribution in [2.45, 2.75) is 0 Å². The van der Waals surface area contributed by atoms with Gasteiger partial charge in [-0.3, -0.25) is 5.73 Å². The fourth-order valence-electron chi connectivity index (χ4n) is 0.277. The molecule has 0 saturated heterocycles. The molecule has 0 saturated carbocycles. The number of hydrogen-bond donors (Lipinski definition) is 3. The third-order valence-electron chi connectivity index (χ3n) is 0.703. The summed E-state index contributed by atoms with van der Waals surface area (Å²) in [6.07, 6.45) is 0.792. The van der Waals surface area contributed by atoms with E-state index in [4.69, 9.17) is 16.2 Å². The molecule has 0 aromatic rings. The molecule has 0 fully saturated rings. The van der Waals surface area contributed by atoms with Crippen molar-refractivity contribution >= 4 is 5.71 Å². The molecule has 0 aromatic heterocycles. The summed E-state index contributed by atoms with van der Waals surface area (Å²) in [6, 6.07) is 0. The van der Waals surface area contributed by atoms with Crippen LogP contribution in [0.25, 0.3) is 0 Å². The Balaban J connectivity index is 4.16. The zero-order valence-corrected chi connectivity index (χ0v) is 5.07. The van der Waals surface area contributed by atoms with Crippen LogP contribution in [-0.2, 0) is 0 Å². The van der Waals surface area contributed by atoms with Crippen molar-refractivity contribution in [2.75, 3.05) is 6.61 Å². The van der Waals surface area contributed by atoms with Crippen molar-refractivity contribution in [1.82, 2.24) is 0 Å². The Hall–Kier alpha value is -1.43. The molecule has 56 valence electrons. The molecule has 0 aliphatic heterocycles.